The molecule has 0 saturated heterocycles. The number of anilines is 1. The fraction of sp³-hybridized carbons (Fsp3) is 0.300. The first kappa shape index (κ1) is 22.1. The molecule has 0 aliphatic heterocycles. The third-order valence-electron chi connectivity index (χ3n) is 3.82. The van der Waals surface area contributed by atoms with Crippen molar-refractivity contribution in [3.8, 4) is 5.75 Å². The Labute approximate surface area is 166 Å². The standard InChI is InChI=1S/C20H21F3N2O4/c1-25(2)16-8-6-14(7-9-16)11-24-18(26)12-29-19(27)13-28-17-5-3-4-15(10-17)20(21,22)23/h3-10H,11-13H2,1-2H3,(H,24,26). The second-order valence-corrected chi connectivity index (χ2v) is 6.31. The average molecular weight is 410 g/mol. The molecule has 0 radical (unpaired) electrons. The Bertz CT molecular complexity index is 836. The first-order chi connectivity index (χ1) is 13.6. The summed E-state index contributed by atoms with van der Waals surface area (Å²) >= 11 is 0. The molecule has 0 unspecified atom stereocenters. The molecule has 6 nitrogen and oxygen atoms in total. The zero-order chi connectivity index (χ0) is 21.4. The fourth-order valence-corrected chi connectivity index (χ4v) is 2.26. The molecule has 0 aromatic heterocycles. The number of ether oxygens (including phenoxy) is 2. The summed E-state index contributed by atoms with van der Waals surface area (Å²) in [6.07, 6.45) is -4.51. The van der Waals surface area contributed by atoms with Crippen LogP contribution in [0.3, 0.4) is 0 Å². The Balaban J connectivity index is 1.71. The number of halogens is 3. The average Bonchev–Trinajstić information content (AvgIpc) is 2.69. The molecular weight excluding hydrogens is 389 g/mol. The lowest BCUT2D eigenvalue weighted by Gasteiger charge is -2.13. The van der Waals surface area contributed by atoms with Gasteiger partial charge in [-0.1, -0.05) is 18.2 Å². The maximum Gasteiger partial charge on any atom is 0.416 e. The summed E-state index contributed by atoms with van der Waals surface area (Å²) < 4.78 is 47.6. The smallest absolute Gasteiger partial charge is 0.416 e. The number of nitrogens with one attached hydrogen (secondary N) is 1. The quantitative estimate of drug-likeness (QED) is 0.678. The van der Waals surface area contributed by atoms with Gasteiger partial charge in [-0.05, 0) is 35.9 Å². The zero-order valence-electron chi connectivity index (χ0n) is 16.0. The predicted octanol–water partition coefficient (Wildman–Crippen LogP) is 3.01. The number of esters is 1. The third-order valence-corrected chi connectivity index (χ3v) is 3.82. The maximum absolute atomic E-state index is 12.6. The van der Waals surface area contributed by atoms with E-state index in [-0.39, 0.29) is 12.3 Å². The van der Waals surface area contributed by atoms with Gasteiger partial charge >= 0.3 is 12.1 Å². The summed E-state index contributed by atoms with van der Waals surface area (Å²) in [7, 11) is 3.84. The van der Waals surface area contributed by atoms with Gasteiger partial charge in [-0.25, -0.2) is 4.79 Å². The van der Waals surface area contributed by atoms with Gasteiger partial charge in [0.15, 0.2) is 13.2 Å². The molecule has 0 aliphatic carbocycles. The molecule has 0 fully saturated rings. The van der Waals surface area contributed by atoms with Crippen molar-refractivity contribution < 1.29 is 32.2 Å². The number of hydrogen-bond donors (Lipinski definition) is 1. The Hall–Kier alpha value is -3.23. The van der Waals surface area contributed by atoms with Gasteiger partial charge in [0, 0.05) is 26.3 Å². The van der Waals surface area contributed by atoms with Crippen molar-refractivity contribution in [2.24, 2.45) is 0 Å². The molecule has 0 spiro atoms. The number of amides is 1. The maximum atomic E-state index is 12.6. The highest BCUT2D eigenvalue weighted by atomic mass is 19.4. The van der Waals surface area contributed by atoms with Crippen molar-refractivity contribution in [3.05, 3.63) is 59.7 Å². The van der Waals surface area contributed by atoms with Crippen LogP contribution < -0.4 is 15.0 Å². The van der Waals surface area contributed by atoms with Gasteiger partial charge in [0.2, 0.25) is 0 Å². The Morgan fingerprint density at radius 3 is 2.34 bits per heavy atom. The minimum Gasteiger partial charge on any atom is -0.482 e. The topological polar surface area (TPSA) is 67.9 Å². The van der Waals surface area contributed by atoms with E-state index in [9.17, 15) is 22.8 Å². The van der Waals surface area contributed by atoms with Crippen LogP contribution in [-0.4, -0.2) is 39.2 Å². The van der Waals surface area contributed by atoms with Gasteiger partial charge in [-0.15, -0.1) is 0 Å². The van der Waals surface area contributed by atoms with Crippen molar-refractivity contribution in [2.45, 2.75) is 12.7 Å². The number of nitrogens with zero attached hydrogens (tertiary/aromatic N) is 1. The molecule has 1 N–H and O–H groups in total. The van der Waals surface area contributed by atoms with Crippen LogP contribution in [0.4, 0.5) is 18.9 Å². The highest BCUT2D eigenvalue weighted by Crippen LogP contribution is 2.31. The zero-order valence-corrected chi connectivity index (χ0v) is 16.0. The number of carbonyl (C=O) groups excluding carboxylic acids is 2. The van der Waals surface area contributed by atoms with Gasteiger partial charge in [0.1, 0.15) is 5.75 Å². The summed E-state index contributed by atoms with van der Waals surface area (Å²) in [5.41, 5.74) is 1.01. The molecular formula is C20H21F3N2O4. The van der Waals surface area contributed by atoms with E-state index in [1.54, 1.807) is 0 Å². The minimum atomic E-state index is -4.51. The van der Waals surface area contributed by atoms with Gasteiger partial charge < -0.3 is 19.7 Å². The molecule has 0 atom stereocenters. The summed E-state index contributed by atoms with van der Waals surface area (Å²) in [5.74, 6) is -1.50. The number of carbonyl (C=O) groups is 2. The summed E-state index contributed by atoms with van der Waals surface area (Å²) in [4.78, 5) is 25.3. The molecule has 2 rings (SSSR count). The summed E-state index contributed by atoms with van der Waals surface area (Å²) in [6, 6.07) is 11.7. The van der Waals surface area contributed by atoms with E-state index in [0.717, 1.165) is 23.4 Å². The Kier molecular flexibility index (Phi) is 7.46. The third kappa shape index (κ3) is 7.36. The van der Waals surface area contributed by atoms with Crippen LogP contribution in [0, 0.1) is 0 Å². The second kappa shape index (κ2) is 9.81. The van der Waals surface area contributed by atoms with Crippen molar-refractivity contribution in [1.82, 2.24) is 5.32 Å². The lowest BCUT2D eigenvalue weighted by molar-refractivity contribution is -0.150. The van der Waals surface area contributed by atoms with Gasteiger partial charge in [-0.3, -0.25) is 4.79 Å². The van der Waals surface area contributed by atoms with Crippen molar-refractivity contribution >= 4 is 17.6 Å². The highest BCUT2D eigenvalue weighted by molar-refractivity contribution is 5.80. The van der Waals surface area contributed by atoms with Gasteiger partial charge in [0.25, 0.3) is 5.91 Å². The normalized spacial score (nSPS) is 10.9. The number of alkyl halides is 3. The van der Waals surface area contributed by atoms with E-state index in [1.165, 1.54) is 12.1 Å². The predicted molar refractivity (Wildman–Crippen MR) is 101 cm³/mol. The second-order valence-electron chi connectivity index (χ2n) is 6.31. The van der Waals surface area contributed by atoms with Crippen molar-refractivity contribution in [1.29, 1.82) is 0 Å². The summed E-state index contributed by atoms with van der Waals surface area (Å²) in [5, 5.41) is 2.61. The number of hydrogen-bond acceptors (Lipinski definition) is 5. The molecule has 2 aromatic rings. The number of rotatable bonds is 8. The lowest BCUT2D eigenvalue weighted by atomic mass is 10.2. The van der Waals surface area contributed by atoms with E-state index in [0.29, 0.717) is 0 Å². The highest BCUT2D eigenvalue weighted by Gasteiger charge is 2.30. The van der Waals surface area contributed by atoms with Crippen molar-refractivity contribution in [2.75, 3.05) is 32.2 Å². The molecule has 29 heavy (non-hydrogen) atoms. The molecule has 0 bridgehead atoms. The molecule has 0 aliphatic rings. The molecule has 2 aromatic carbocycles. The Morgan fingerprint density at radius 2 is 1.72 bits per heavy atom. The fourth-order valence-electron chi connectivity index (χ4n) is 2.26. The van der Waals surface area contributed by atoms with E-state index >= 15 is 0 Å². The van der Waals surface area contributed by atoms with Crippen LogP contribution >= 0.6 is 0 Å². The molecule has 156 valence electrons. The van der Waals surface area contributed by atoms with Crippen LogP contribution in [0.25, 0.3) is 0 Å². The van der Waals surface area contributed by atoms with Gasteiger partial charge in [-0.2, -0.15) is 13.2 Å². The van der Waals surface area contributed by atoms with E-state index < -0.39 is 36.8 Å². The molecule has 0 heterocycles. The monoisotopic (exact) mass is 410 g/mol. The largest absolute Gasteiger partial charge is 0.482 e. The van der Waals surface area contributed by atoms with Crippen LogP contribution in [0.1, 0.15) is 11.1 Å². The summed E-state index contributed by atoms with van der Waals surface area (Å²) in [6.45, 7) is -0.855. The molecule has 1 amide bonds. The van der Waals surface area contributed by atoms with Crippen LogP contribution in [0.15, 0.2) is 48.5 Å². The molecule has 9 heteroatoms. The van der Waals surface area contributed by atoms with Crippen LogP contribution in [-0.2, 0) is 27.0 Å². The van der Waals surface area contributed by atoms with Gasteiger partial charge in [0.05, 0.1) is 5.56 Å². The van der Waals surface area contributed by atoms with E-state index in [1.807, 2.05) is 43.3 Å². The minimum absolute atomic E-state index is 0.123. The van der Waals surface area contributed by atoms with E-state index in [2.05, 4.69) is 5.32 Å². The Morgan fingerprint density at radius 1 is 1.03 bits per heavy atom. The first-order valence-corrected chi connectivity index (χ1v) is 8.64. The van der Waals surface area contributed by atoms with Crippen molar-refractivity contribution in [3.63, 3.8) is 0 Å². The van der Waals surface area contributed by atoms with Crippen LogP contribution in [0.5, 0.6) is 5.75 Å². The lowest BCUT2D eigenvalue weighted by Crippen LogP contribution is -2.29. The van der Waals surface area contributed by atoms with Crippen LogP contribution in [0.2, 0.25) is 0 Å². The first-order valence-electron chi connectivity index (χ1n) is 8.64. The van der Waals surface area contributed by atoms with E-state index in [4.69, 9.17) is 9.47 Å². The SMILES string of the molecule is CN(C)c1ccc(CNC(=O)COC(=O)COc2cccc(C(F)(F)F)c2)cc1. The number of benzene rings is 2. The molecule has 0 saturated carbocycles.